The monoisotopic (exact) mass is 558 g/mol. The van der Waals surface area contributed by atoms with Gasteiger partial charge in [0.25, 0.3) is 0 Å². The van der Waals surface area contributed by atoms with Gasteiger partial charge in [-0.05, 0) is 41.2 Å². The predicted octanol–water partition coefficient (Wildman–Crippen LogP) is 5.65. The number of nitrogens with one attached hydrogen (secondary N) is 2. The van der Waals surface area contributed by atoms with Crippen molar-refractivity contribution in [3.8, 4) is 11.1 Å². The van der Waals surface area contributed by atoms with E-state index in [-0.39, 0.29) is 25.6 Å². The van der Waals surface area contributed by atoms with Crippen LogP contribution < -0.4 is 10.6 Å². The zero-order valence-electron chi connectivity index (χ0n) is 23.5. The lowest BCUT2D eigenvalue weighted by Crippen LogP contribution is -2.50. The largest absolute Gasteiger partial charge is 0.480 e. The summed E-state index contributed by atoms with van der Waals surface area (Å²) < 4.78 is 11.4. The Bertz CT molecular complexity index is 1280. The standard InChI is InChI=1S/C33H38N2O6/c1-3-4-14-24(19-30(36)35-31(32(37)38)22(2)40-20-23-12-6-5-7-13-23)34-33(39)41-21-29-27-17-10-8-15-25(27)26-16-9-11-18-28(26)29/h5-13,15-18,22,24,29,31H,3-4,14,19-21H2,1-2H3,(H,34,39)(H,35,36)(H,37,38)/t22?,24-,31?/m0/s1. The van der Waals surface area contributed by atoms with Crippen LogP contribution >= 0.6 is 0 Å². The Morgan fingerprint density at radius 1 is 0.878 bits per heavy atom. The Morgan fingerprint density at radius 3 is 2.10 bits per heavy atom. The summed E-state index contributed by atoms with van der Waals surface area (Å²) in [6.07, 6.45) is 0.800. The second kappa shape index (κ2) is 14.5. The molecule has 3 aromatic rings. The van der Waals surface area contributed by atoms with Gasteiger partial charge in [-0.2, -0.15) is 0 Å². The molecule has 0 saturated carbocycles. The Morgan fingerprint density at radius 2 is 1.49 bits per heavy atom. The molecule has 1 aliphatic rings. The van der Waals surface area contributed by atoms with Crippen LogP contribution in [0, 0.1) is 0 Å². The molecule has 3 aromatic carbocycles. The van der Waals surface area contributed by atoms with Gasteiger partial charge in [-0.1, -0.05) is 98.6 Å². The van der Waals surface area contributed by atoms with Crippen molar-refractivity contribution >= 4 is 18.0 Å². The SMILES string of the molecule is CCCC[C@@H](CC(=O)NC(C(=O)O)C(C)OCc1ccccc1)NC(=O)OCC1c2ccccc2-c2ccccc21. The van der Waals surface area contributed by atoms with Gasteiger partial charge in [0, 0.05) is 18.4 Å². The minimum atomic E-state index is -1.23. The second-order valence-corrected chi connectivity index (χ2v) is 10.4. The summed E-state index contributed by atoms with van der Waals surface area (Å²) in [5, 5.41) is 15.1. The predicted molar refractivity (Wildman–Crippen MR) is 156 cm³/mol. The summed E-state index contributed by atoms with van der Waals surface area (Å²) in [5.74, 6) is -1.74. The maximum absolute atomic E-state index is 12.9. The van der Waals surface area contributed by atoms with E-state index >= 15 is 0 Å². The van der Waals surface area contributed by atoms with E-state index in [1.54, 1.807) is 6.92 Å². The number of rotatable bonds is 14. The van der Waals surface area contributed by atoms with Crippen LogP contribution in [0.5, 0.6) is 0 Å². The first-order valence-electron chi connectivity index (χ1n) is 14.2. The summed E-state index contributed by atoms with van der Waals surface area (Å²) in [6, 6.07) is 23.9. The fraction of sp³-hybridized carbons (Fsp3) is 0.364. The first-order valence-corrected chi connectivity index (χ1v) is 14.2. The molecule has 8 nitrogen and oxygen atoms in total. The molecule has 4 rings (SSSR count). The minimum absolute atomic E-state index is 0.0701. The number of amides is 2. The van der Waals surface area contributed by atoms with E-state index in [2.05, 4.69) is 34.9 Å². The summed E-state index contributed by atoms with van der Waals surface area (Å²) in [5.41, 5.74) is 5.43. The minimum Gasteiger partial charge on any atom is -0.480 e. The first kappa shape index (κ1) is 29.8. The number of carbonyl (C=O) groups is 3. The lowest BCUT2D eigenvalue weighted by molar-refractivity contribution is -0.146. The number of carbonyl (C=O) groups excluding carboxylic acids is 2. The van der Waals surface area contributed by atoms with Crippen molar-refractivity contribution in [2.45, 2.75) is 70.2 Å². The lowest BCUT2D eigenvalue weighted by Gasteiger charge is -2.24. The van der Waals surface area contributed by atoms with Crippen molar-refractivity contribution in [1.82, 2.24) is 10.6 Å². The third-order valence-electron chi connectivity index (χ3n) is 7.41. The number of aliphatic carboxylic acids is 1. The molecule has 3 N–H and O–H groups in total. The maximum atomic E-state index is 12.9. The Hall–Kier alpha value is -4.17. The quantitative estimate of drug-likeness (QED) is 0.236. The highest BCUT2D eigenvalue weighted by Gasteiger charge is 2.30. The van der Waals surface area contributed by atoms with Gasteiger partial charge in [0.1, 0.15) is 6.61 Å². The fourth-order valence-corrected chi connectivity index (χ4v) is 5.22. The molecule has 0 saturated heterocycles. The van der Waals surface area contributed by atoms with Gasteiger partial charge in [-0.15, -0.1) is 0 Å². The molecule has 2 amide bonds. The number of carboxylic acid groups (broad SMARTS) is 1. The van der Waals surface area contributed by atoms with Gasteiger partial charge >= 0.3 is 12.1 Å². The molecule has 0 radical (unpaired) electrons. The van der Waals surface area contributed by atoms with Gasteiger partial charge in [-0.25, -0.2) is 9.59 Å². The van der Waals surface area contributed by atoms with Gasteiger partial charge in [0.15, 0.2) is 6.04 Å². The number of benzene rings is 3. The summed E-state index contributed by atoms with van der Waals surface area (Å²) in [4.78, 5) is 37.7. The maximum Gasteiger partial charge on any atom is 0.407 e. The van der Waals surface area contributed by atoms with Crippen LogP contribution in [0.15, 0.2) is 78.9 Å². The van der Waals surface area contributed by atoms with E-state index in [0.29, 0.717) is 6.42 Å². The molecule has 0 heterocycles. The molecule has 0 bridgehead atoms. The van der Waals surface area contributed by atoms with Crippen LogP contribution in [-0.2, 0) is 25.7 Å². The highest BCUT2D eigenvalue weighted by atomic mass is 16.5. The molecule has 1 aliphatic carbocycles. The molecule has 8 heteroatoms. The number of unbranched alkanes of at least 4 members (excludes halogenated alkanes) is 1. The van der Waals surface area contributed by atoms with Gasteiger partial charge in [0.2, 0.25) is 5.91 Å². The smallest absolute Gasteiger partial charge is 0.407 e. The molecule has 0 aromatic heterocycles. The van der Waals surface area contributed by atoms with Crippen molar-refractivity contribution in [3.63, 3.8) is 0 Å². The van der Waals surface area contributed by atoms with Crippen LogP contribution in [-0.4, -0.2) is 47.9 Å². The zero-order valence-corrected chi connectivity index (χ0v) is 23.5. The average molecular weight is 559 g/mol. The third kappa shape index (κ3) is 7.95. The molecular weight excluding hydrogens is 520 g/mol. The van der Waals surface area contributed by atoms with Crippen LogP contribution in [0.25, 0.3) is 11.1 Å². The van der Waals surface area contributed by atoms with Crippen LogP contribution in [0.4, 0.5) is 4.79 Å². The number of carboxylic acids is 1. The second-order valence-electron chi connectivity index (χ2n) is 10.4. The summed E-state index contributed by atoms with van der Waals surface area (Å²) in [7, 11) is 0. The van der Waals surface area contributed by atoms with Crippen molar-refractivity contribution < 1.29 is 29.0 Å². The normalized spacial score (nSPS) is 14.3. The van der Waals surface area contributed by atoms with Crippen molar-refractivity contribution in [2.75, 3.05) is 6.61 Å². The molecule has 0 spiro atoms. The lowest BCUT2D eigenvalue weighted by atomic mass is 9.98. The van der Waals surface area contributed by atoms with Gasteiger partial charge in [-0.3, -0.25) is 4.79 Å². The van der Waals surface area contributed by atoms with E-state index in [4.69, 9.17) is 9.47 Å². The highest BCUT2D eigenvalue weighted by Crippen LogP contribution is 2.44. The van der Waals surface area contributed by atoms with Crippen molar-refractivity contribution in [1.29, 1.82) is 0 Å². The van der Waals surface area contributed by atoms with Crippen molar-refractivity contribution in [2.24, 2.45) is 0 Å². The third-order valence-corrected chi connectivity index (χ3v) is 7.41. The number of alkyl carbamates (subject to hydrolysis) is 1. The Kier molecular flexibility index (Phi) is 10.5. The number of hydrogen-bond donors (Lipinski definition) is 3. The topological polar surface area (TPSA) is 114 Å². The van der Waals surface area contributed by atoms with E-state index in [1.165, 1.54) is 0 Å². The van der Waals surface area contributed by atoms with Crippen LogP contribution in [0.2, 0.25) is 0 Å². The molecular formula is C33H38N2O6. The van der Waals surface area contributed by atoms with Crippen LogP contribution in [0.1, 0.15) is 62.1 Å². The van der Waals surface area contributed by atoms with Gasteiger partial charge in [0.05, 0.1) is 12.7 Å². The Balaban J connectivity index is 1.32. The molecule has 41 heavy (non-hydrogen) atoms. The summed E-state index contributed by atoms with van der Waals surface area (Å²) >= 11 is 0. The Labute approximate surface area is 241 Å². The molecule has 3 atom stereocenters. The fourth-order valence-electron chi connectivity index (χ4n) is 5.22. The molecule has 0 aliphatic heterocycles. The van der Waals surface area contributed by atoms with E-state index in [0.717, 1.165) is 40.7 Å². The average Bonchev–Trinajstić information content (AvgIpc) is 3.30. The van der Waals surface area contributed by atoms with Crippen LogP contribution in [0.3, 0.4) is 0 Å². The summed E-state index contributed by atoms with van der Waals surface area (Å²) in [6.45, 7) is 4.04. The van der Waals surface area contributed by atoms with E-state index < -0.39 is 36.2 Å². The molecule has 216 valence electrons. The molecule has 2 unspecified atom stereocenters. The number of ether oxygens (including phenoxy) is 2. The number of fused-ring (bicyclic) bond motifs is 3. The van der Waals surface area contributed by atoms with E-state index in [9.17, 15) is 19.5 Å². The number of hydrogen-bond acceptors (Lipinski definition) is 5. The molecule has 0 fully saturated rings. The van der Waals surface area contributed by atoms with Gasteiger partial charge < -0.3 is 25.2 Å². The zero-order chi connectivity index (χ0) is 29.2. The van der Waals surface area contributed by atoms with E-state index in [1.807, 2.05) is 61.5 Å². The first-order chi connectivity index (χ1) is 19.9. The van der Waals surface area contributed by atoms with Crippen molar-refractivity contribution in [3.05, 3.63) is 95.6 Å². The highest BCUT2D eigenvalue weighted by molar-refractivity contribution is 5.84.